The molecule has 24 heavy (non-hydrogen) atoms. The van der Waals surface area contributed by atoms with Gasteiger partial charge in [0.05, 0.1) is 26.0 Å². The second kappa shape index (κ2) is 6.95. The van der Waals surface area contributed by atoms with Gasteiger partial charge < -0.3 is 14.2 Å². The molecule has 0 spiro atoms. The molecular weight excluding hydrogens is 318 g/mol. The number of methoxy groups -OCH3 is 2. The number of nitrogens with zero attached hydrogens (tertiary/aromatic N) is 1. The van der Waals surface area contributed by atoms with Gasteiger partial charge in [0, 0.05) is 12.5 Å². The average Bonchev–Trinajstić information content (AvgIpc) is 2.86. The van der Waals surface area contributed by atoms with Crippen LogP contribution in [0.1, 0.15) is 17.3 Å². The van der Waals surface area contributed by atoms with E-state index < -0.39 is 35.6 Å². The van der Waals surface area contributed by atoms with Crippen molar-refractivity contribution in [3.8, 4) is 0 Å². The summed E-state index contributed by atoms with van der Waals surface area (Å²) in [5.41, 5.74) is 0.641. The molecule has 0 bridgehead atoms. The van der Waals surface area contributed by atoms with Crippen LogP contribution in [0.15, 0.2) is 36.1 Å². The van der Waals surface area contributed by atoms with Gasteiger partial charge in [-0.05, 0) is 12.1 Å². The summed E-state index contributed by atoms with van der Waals surface area (Å²) in [5, 5.41) is 0. The highest BCUT2D eigenvalue weighted by molar-refractivity contribution is 6.16. The molecule has 0 fully saturated rings. The Kier molecular flexibility index (Phi) is 4.98. The lowest BCUT2D eigenvalue weighted by Crippen LogP contribution is -2.41. The SMILES string of the molecule is COC(=O)/C=C(/OC1C(=O)c2ccccc2N1C(C)=O)C(=O)OC. The molecule has 126 valence electrons. The molecule has 1 aromatic rings. The van der Waals surface area contributed by atoms with E-state index in [-0.39, 0.29) is 5.56 Å². The molecule has 8 nitrogen and oxygen atoms in total. The number of fused-ring (bicyclic) bond motifs is 1. The van der Waals surface area contributed by atoms with Crippen molar-refractivity contribution >= 4 is 29.3 Å². The van der Waals surface area contributed by atoms with E-state index in [0.29, 0.717) is 5.69 Å². The number of ether oxygens (including phenoxy) is 3. The van der Waals surface area contributed by atoms with E-state index in [1.54, 1.807) is 24.3 Å². The highest BCUT2D eigenvalue weighted by Gasteiger charge is 2.42. The first-order valence-corrected chi connectivity index (χ1v) is 6.88. The summed E-state index contributed by atoms with van der Waals surface area (Å²) >= 11 is 0. The van der Waals surface area contributed by atoms with Gasteiger partial charge in [-0.2, -0.15) is 0 Å². The Morgan fingerprint density at radius 3 is 2.38 bits per heavy atom. The molecule has 8 heteroatoms. The molecule has 1 aliphatic rings. The molecule has 1 amide bonds. The standard InChI is InChI=1S/C16H15NO7/c1-9(18)17-11-7-5-4-6-10(11)14(20)15(17)24-12(16(21)23-3)8-13(19)22-2/h4-8,15H,1-3H3/b12-8+. The van der Waals surface area contributed by atoms with Crippen LogP contribution in [0.4, 0.5) is 5.69 Å². The fraction of sp³-hybridized carbons (Fsp3) is 0.250. The Morgan fingerprint density at radius 1 is 1.12 bits per heavy atom. The van der Waals surface area contributed by atoms with Crippen LogP contribution in [-0.4, -0.2) is 44.1 Å². The van der Waals surface area contributed by atoms with Crippen LogP contribution in [0.5, 0.6) is 0 Å². The highest BCUT2D eigenvalue weighted by atomic mass is 16.6. The summed E-state index contributed by atoms with van der Waals surface area (Å²) in [7, 11) is 2.21. The lowest BCUT2D eigenvalue weighted by atomic mass is 10.1. The summed E-state index contributed by atoms with van der Waals surface area (Å²) in [6.45, 7) is 1.26. The minimum absolute atomic E-state index is 0.278. The second-order valence-electron chi connectivity index (χ2n) is 4.76. The maximum Gasteiger partial charge on any atom is 0.373 e. The first-order valence-electron chi connectivity index (χ1n) is 6.88. The predicted molar refractivity (Wildman–Crippen MR) is 80.9 cm³/mol. The van der Waals surface area contributed by atoms with E-state index in [1.165, 1.54) is 6.92 Å². The molecule has 1 unspecified atom stereocenters. The van der Waals surface area contributed by atoms with Crippen LogP contribution in [-0.2, 0) is 28.6 Å². The molecule has 1 aliphatic heterocycles. The third-order valence-electron chi connectivity index (χ3n) is 3.30. The number of carbonyl (C=O) groups excluding carboxylic acids is 4. The Morgan fingerprint density at radius 2 is 1.79 bits per heavy atom. The van der Waals surface area contributed by atoms with Crippen LogP contribution in [0.3, 0.4) is 0 Å². The maximum absolute atomic E-state index is 12.5. The topological polar surface area (TPSA) is 99.2 Å². The summed E-state index contributed by atoms with van der Waals surface area (Å²) < 4.78 is 14.3. The fourth-order valence-electron chi connectivity index (χ4n) is 2.24. The van der Waals surface area contributed by atoms with Gasteiger partial charge in [-0.15, -0.1) is 0 Å². The zero-order valence-electron chi connectivity index (χ0n) is 13.3. The number of hydrogen-bond acceptors (Lipinski definition) is 7. The molecule has 0 aliphatic carbocycles. The van der Waals surface area contributed by atoms with Crippen molar-refractivity contribution in [2.24, 2.45) is 0 Å². The van der Waals surface area contributed by atoms with Crippen molar-refractivity contribution in [1.29, 1.82) is 0 Å². The zero-order valence-corrected chi connectivity index (χ0v) is 13.3. The minimum Gasteiger partial charge on any atom is -0.466 e. The largest absolute Gasteiger partial charge is 0.466 e. The summed E-state index contributed by atoms with van der Waals surface area (Å²) in [4.78, 5) is 48.7. The lowest BCUT2D eigenvalue weighted by molar-refractivity contribution is -0.142. The molecule has 0 N–H and O–H groups in total. The predicted octanol–water partition coefficient (Wildman–Crippen LogP) is 0.808. The smallest absolute Gasteiger partial charge is 0.373 e. The van der Waals surface area contributed by atoms with Gasteiger partial charge in [-0.3, -0.25) is 14.5 Å². The molecular formula is C16H15NO7. The van der Waals surface area contributed by atoms with Crippen LogP contribution >= 0.6 is 0 Å². The monoisotopic (exact) mass is 333 g/mol. The number of ketones is 1. The number of amides is 1. The number of esters is 2. The molecule has 0 saturated carbocycles. The Balaban J connectivity index is 2.41. The van der Waals surface area contributed by atoms with Gasteiger partial charge in [-0.25, -0.2) is 9.59 Å². The van der Waals surface area contributed by atoms with Gasteiger partial charge >= 0.3 is 11.9 Å². The third-order valence-corrected chi connectivity index (χ3v) is 3.30. The van der Waals surface area contributed by atoms with E-state index in [4.69, 9.17) is 4.74 Å². The van der Waals surface area contributed by atoms with Crippen LogP contribution < -0.4 is 4.90 Å². The summed E-state index contributed by atoms with van der Waals surface area (Å²) in [6.07, 6.45) is -0.657. The van der Waals surface area contributed by atoms with Crippen LogP contribution in [0, 0.1) is 0 Å². The van der Waals surface area contributed by atoms with Crippen LogP contribution in [0.2, 0.25) is 0 Å². The number of Topliss-reactive ketones (excluding diaryl/α,β-unsaturated/α-hetero) is 1. The normalized spacial score (nSPS) is 16.5. The van der Waals surface area contributed by atoms with Gasteiger partial charge in [0.2, 0.25) is 23.7 Å². The summed E-state index contributed by atoms with van der Waals surface area (Å²) in [6, 6.07) is 6.43. The van der Waals surface area contributed by atoms with Crippen molar-refractivity contribution in [3.05, 3.63) is 41.7 Å². The van der Waals surface area contributed by atoms with Gasteiger partial charge in [0.1, 0.15) is 0 Å². The number of rotatable bonds is 4. The molecule has 0 aromatic heterocycles. The molecule has 0 radical (unpaired) electrons. The average molecular weight is 333 g/mol. The minimum atomic E-state index is -1.41. The van der Waals surface area contributed by atoms with E-state index in [1.807, 2.05) is 0 Å². The Bertz CT molecular complexity index is 738. The van der Waals surface area contributed by atoms with Gasteiger partial charge in [0.25, 0.3) is 0 Å². The number of para-hydroxylation sites is 1. The lowest BCUT2D eigenvalue weighted by Gasteiger charge is -2.23. The van der Waals surface area contributed by atoms with Crippen molar-refractivity contribution < 1.29 is 33.4 Å². The van der Waals surface area contributed by atoms with Crippen LogP contribution in [0.25, 0.3) is 0 Å². The molecule has 1 heterocycles. The Hall–Kier alpha value is -3.16. The number of hydrogen-bond donors (Lipinski definition) is 0. The first kappa shape index (κ1) is 17.2. The van der Waals surface area contributed by atoms with E-state index in [0.717, 1.165) is 25.2 Å². The Labute approximate surface area is 137 Å². The number of benzene rings is 1. The fourth-order valence-corrected chi connectivity index (χ4v) is 2.24. The quantitative estimate of drug-likeness (QED) is 0.457. The van der Waals surface area contributed by atoms with E-state index in [9.17, 15) is 19.2 Å². The van der Waals surface area contributed by atoms with Crippen molar-refractivity contribution in [3.63, 3.8) is 0 Å². The van der Waals surface area contributed by atoms with Crippen molar-refractivity contribution in [1.82, 2.24) is 0 Å². The zero-order chi connectivity index (χ0) is 17.9. The first-order chi connectivity index (χ1) is 11.4. The van der Waals surface area contributed by atoms with E-state index in [2.05, 4.69) is 9.47 Å². The summed E-state index contributed by atoms with van der Waals surface area (Å²) in [5.74, 6) is -3.36. The van der Waals surface area contributed by atoms with Gasteiger partial charge in [-0.1, -0.05) is 12.1 Å². The van der Waals surface area contributed by atoms with E-state index >= 15 is 0 Å². The molecule has 1 atom stereocenters. The molecule has 2 rings (SSSR count). The second-order valence-corrected chi connectivity index (χ2v) is 4.76. The van der Waals surface area contributed by atoms with Crippen molar-refractivity contribution in [2.75, 3.05) is 19.1 Å². The highest BCUT2D eigenvalue weighted by Crippen LogP contribution is 2.33. The molecule has 0 saturated heterocycles. The van der Waals surface area contributed by atoms with Gasteiger partial charge in [0.15, 0.2) is 0 Å². The number of carbonyl (C=O) groups is 4. The number of anilines is 1. The third kappa shape index (κ3) is 3.12. The molecule has 1 aromatic carbocycles. The van der Waals surface area contributed by atoms with Crippen molar-refractivity contribution in [2.45, 2.75) is 13.2 Å². The maximum atomic E-state index is 12.5.